The molecule has 0 amide bonds. The van der Waals surface area contributed by atoms with Gasteiger partial charge in [0, 0.05) is 10.6 Å². The fourth-order valence-corrected chi connectivity index (χ4v) is 3.33. The predicted molar refractivity (Wildman–Crippen MR) is 79.8 cm³/mol. The molecule has 1 saturated carbocycles. The molecule has 2 atom stereocenters. The maximum Gasteiger partial charge on any atom is 0.183 e. The first kappa shape index (κ1) is 14.5. The van der Waals surface area contributed by atoms with Crippen LogP contribution in [0, 0.1) is 5.92 Å². The third kappa shape index (κ3) is 2.85. The van der Waals surface area contributed by atoms with Crippen LogP contribution < -0.4 is 0 Å². The van der Waals surface area contributed by atoms with Crippen LogP contribution in [0.1, 0.15) is 43.0 Å². The van der Waals surface area contributed by atoms with Crippen molar-refractivity contribution in [1.29, 1.82) is 0 Å². The van der Waals surface area contributed by atoms with Gasteiger partial charge in [-0.05, 0) is 57.1 Å². The number of hydrogen-bond donors (Lipinski definition) is 0. The van der Waals surface area contributed by atoms with Crippen molar-refractivity contribution in [1.82, 2.24) is 4.90 Å². The number of rotatable bonds is 3. The second-order valence-electron chi connectivity index (χ2n) is 5.96. The molecule has 1 aliphatic carbocycles. The van der Waals surface area contributed by atoms with E-state index in [0.717, 1.165) is 24.8 Å². The van der Waals surface area contributed by atoms with Crippen molar-refractivity contribution in [3.63, 3.8) is 0 Å². The zero-order chi connectivity index (χ0) is 14.0. The highest BCUT2D eigenvalue weighted by Crippen LogP contribution is 2.38. The van der Waals surface area contributed by atoms with E-state index in [0.29, 0.717) is 10.9 Å². The third-order valence-electron chi connectivity index (χ3n) is 4.36. The Kier molecular flexibility index (Phi) is 4.32. The molecular weight excluding hydrogens is 258 g/mol. The molecule has 2 unspecified atom stereocenters. The first-order valence-corrected chi connectivity index (χ1v) is 7.31. The highest BCUT2D eigenvalue weighted by atomic mass is 35.5. The summed E-state index contributed by atoms with van der Waals surface area (Å²) in [7, 11) is 4.04. The van der Waals surface area contributed by atoms with Crippen LogP contribution in [0.25, 0.3) is 0 Å². The Bertz CT molecular complexity index is 454. The zero-order valence-electron chi connectivity index (χ0n) is 11.9. The topological polar surface area (TPSA) is 20.3 Å². The van der Waals surface area contributed by atoms with Gasteiger partial charge in [-0.3, -0.25) is 9.69 Å². The van der Waals surface area contributed by atoms with Gasteiger partial charge >= 0.3 is 0 Å². The number of ketones is 1. The van der Waals surface area contributed by atoms with Crippen LogP contribution in [0.2, 0.25) is 5.02 Å². The zero-order valence-corrected chi connectivity index (χ0v) is 12.7. The van der Waals surface area contributed by atoms with E-state index in [9.17, 15) is 4.79 Å². The molecule has 104 valence electrons. The first-order valence-electron chi connectivity index (χ1n) is 6.93. The van der Waals surface area contributed by atoms with E-state index in [2.05, 4.69) is 11.8 Å². The summed E-state index contributed by atoms with van der Waals surface area (Å²) in [4.78, 5) is 15.0. The van der Waals surface area contributed by atoms with E-state index in [1.807, 2.05) is 26.2 Å². The van der Waals surface area contributed by atoms with Crippen LogP contribution in [0.15, 0.2) is 24.3 Å². The molecule has 2 nitrogen and oxygen atoms in total. The quantitative estimate of drug-likeness (QED) is 0.779. The van der Waals surface area contributed by atoms with E-state index in [1.165, 1.54) is 6.42 Å². The Morgan fingerprint density at radius 2 is 1.95 bits per heavy atom. The minimum Gasteiger partial charge on any atom is -0.297 e. The summed E-state index contributed by atoms with van der Waals surface area (Å²) in [5.41, 5.74) is 0.429. The number of hydrogen-bond acceptors (Lipinski definition) is 2. The highest BCUT2D eigenvalue weighted by Gasteiger charge is 2.43. The van der Waals surface area contributed by atoms with Gasteiger partial charge in [-0.2, -0.15) is 0 Å². The Labute approximate surface area is 120 Å². The average Bonchev–Trinajstić information content (AvgIpc) is 2.38. The monoisotopic (exact) mass is 279 g/mol. The summed E-state index contributed by atoms with van der Waals surface area (Å²) >= 11 is 5.90. The molecule has 19 heavy (non-hydrogen) atoms. The normalized spacial score (nSPS) is 27.5. The Hall–Kier alpha value is -0.860. The van der Waals surface area contributed by atoms with Crippen molar-refractivity contribution in [3.05, 3.63) is 34.9 Å². The van der Waals surface area contributed by atoms with Crippen LogP contribution in [0.3, 0.4) is 0 Å². The Balaban J connectivity index is 2.33. The Morgan fingerprint density at radius 3 is 2.47 bits per heavy atom. The molecule has 1 fully saturated rings. The number of halogens is 1. The largest absolute Gasteiger partial charge is 0.297 e. The van der Waals surface area contributed by atoms with Gasteiger partial charge in [0.2, 0.25) is 0 Å². The van der Waals surface area contributed by atoms with Gasteiger partial charge in [-0.15, -0.1) is 0 Å². The number of nitrogens with zero attached hydrogens (tertiary/aromatic N) is 1. The number of benzene rings is 1. The van der Waals surface area contributed by atoms with Crippen LogP contribution in [-0.2, 0) is 0 Å². The van der Waals surface area contributed by atoms with Crippen LogP contribution in [-0.4, -0.2) is 30.3 Å². The van der Waals surface area contributed by atoms with Crippen molar-refractivity contribution >= 4 is 17.4 Å². The summed E-state index contributed by atoms with van der Waals surface area (Å²) in [6.07, 6.45) is 4.25. The van der Waals surface area contributed by atoms with Crippen molar-refractivity contribution in [2.75, 3.05) is 14.1 Å². The second-order valence-corrected chi connectivity index (χ2v) is 6.40. The van der Waals surface area contributed by atoms with E-state index in [4.69, 9.17) is 11.6 Å². The van der Waals surface area contributed by atoms with Crippen molar-refractivity contribution in [3.8, 4) is 0 Å². The van der Waals surface area contributed by atoms with Gasteiger partial charge in [0.25, 0.3) is 0 Å². The standard InChI is InChI=1S/C16H22ClNO/c1-12-5-4-10-16(11-12,18(2)3)15(19)13-6-8-14(17)9-7-13/h6-9,12H,4-5,10-11H2,1-3H3. The molecular formula is C16H22ClNO. The van der Waals surface area contributed by atoms with E-state index >= 15 is 0 Å². The smallest absolute Gasteiger partial charge is 0.183 e. The van der Waals surface area contributed by atoms with E-state index in [-0.39, 0.29) is 11.3 Å². The van der Waals surface area contributed by atoms with Crippen molar-refractivity contribution in [2.24, 2.45) is 5.92 Å². The van der Waals surface area contributed by atoms with Gasteiger partial charge in [0.1, 0.15) is 0 Å². The lowest BCUT2D eigenvalue weighted by molar-refractivity contribution is 0.0486. The molecule has 2 rings (SSSR count). The van der Waals surface area contributed by atoms with Gasteiger partial charge in [0.15, 0.2) is 5.78 Å². The van der Waals surface area contributed by atoms with Crippen LogP contribution >= 0.6 is 11.6 Å². The second kappa shape index (κ2) is 5.64. The van der Waals surface area contributed by atoms with E-state index in [1.54, 1.807) is 12.1 Å². The maximum atomic E-state index is 12.9. The summed E-state index contributed by atoms with van der Waals surface area (Å²) in [6, 6.07) is 7.28. The molecule has 1 aromatic rings. The minimum atomic E-state index is -0.342. The molecule has 0 spiro atoms. The van der Waals surface area contributed by atoms with Crippen molar-refractivity contribution < 1.29 is 4.79 Å². The highest BCUT2D eigenvalue weighted by molar-refractivity contribution is 6.30. The fourth-order valence-electron chi connectivity index (χ4n) is 3.21. The molecule has 1 aliphatic rings. The number of carbonyl (C=O) groups is 1. The summed E-state index contributed by atoms with van der Waals surface area (Å²) < 4.78 is 0. The molecule has 0 heterocycles. The SMILES string of the molecule is CC1CCCC(C(=O)c2ccc(Cl)cc2)(N(C)C)C1. The first-order chi connectivity index (χ1) is 8.95. The minimum absolute atomic E-state index is 0.237. The lowest BCUT2D eigenvalue weighted by atomic mass is 9.71. The van der Waals surface area contributed by atoms with Crippen LogP contribution in [0.5, 0.6) is 0 Å². The molecule has 0 saturated heterocycles. The van der Waals surface area contributed by atoms with Crippen LogP contribution in [0.4, 0.5) is 0 Å². The predicted octanol–water partition coefficient (Wildman–Crippen LogP) is 4.03. The summed E-state index contributed by atoms with van der Waals surface area (Å²) in [5.74, 6) is 0.841. The summed E-state index contributed by atoms with van der Waals surface area (Å²) in [6.45, 7) is 2.24. The lowest BCUT2D eigenvalue weighted by Gasteiger charge is -2.43. The average molecular weight is 280 g/mol. The molecule has 0 bridgehead atoms. The molecule has 0 aliphatic heterocycles. The van der Waals surface area contributed by atoms with Gasteiger partial charge in [-0.25, -0.2) is 0 Å². The molecule has 0 radical (unpaired) electrons. The number of Topliss-reactive ketones (excluding diaryl/α,β-unsaturated/α-hetero) is 1. The molecule has 0 aromatic heterocycles. The Morgan fingerprint density at radius 1 is 1.32 bits per heavy atom. The number of likely N-dealkylation sites (N-methyl/N-ethyl adjacent to an activating group) is 1. The molecule has 3 heteroatoms. The van der Waals surface area contributed by atoms with E-state index < -0.39 is 0 Å². The number of carbonyl (C=O) groups excluding carboxylic acids is 1. The maximum absolute atomic E-state index is 12.9. The fraction of sp³-hybridized carbons (Fsp3) is 0.562. The summed E-state index contributed by atoms with van der Waals surface area (Å²) in [5, 5.41) is 0.674. The lowest BCUT2D eigenvalue weighted by Crippen LogP contribution is -2.53. The third-order valence-corrected chi connectivity index (χ3v) is 4.61. The molecule has 1 aromatic carbocycles. The van der Waals surface area contributed by atoms with Gasteiger partial charge in [-0.1, -0.05) is 31.4 Å². The van der Waals surface area contributed by atoms with Gasteiger partial charge < -0.3 is 0 Å². The van der Waals surface area contributed by atoms with Gasteiger partial charge in [0.05, 0.1) is 5.54 Å². The van der Waals surface area contributed by atoms with Crippen molar-refractivity contribution in [2.45, 2.75) is 38.1 Å². The molecule has 0 N–H and O–H groups in total.